The van der Waals surface area contributed by atoms with Crippen molar-refractivity contribution in [3.63, 3.8) is 0 Å². The first kappa shape index (κ1) is 21.0. The number of hydrogen-bond acceptors (Lipinski definition) is 5. The number of benzene rings is 2. The second-order valence-corrected chi connectivity index (χ2v) is 7.20. The quantitative estimate of drug-likeness (QED) is 0.440. The number of para-hydroxylation sites is 1. The number of ketones is 1. The van der Waals surface area contributed by atoms with Crippen LogP contribution in [0.1, 0.15) is 25.1 Å². The number of carboxylic acid groups (broad SMARTS) is 1. The predicted octanol–water partition coefficient (Wildman–Crippen LogP) is 4.47. The van der Waals surface area contributed by atoms with Crippen LogP contribution in [0.2, 0.25) is 0 Å². The Morgan fingerprint density at radius 2 is 1.83 bits per heavy atom. The number of aromatic nitrogens is 1. The first-order valence-corrected chi connectivity index (χ1v) is 9.55. The summed E-state index contributed by atoms with van der Waals surface area (Å²) in [5, 5.41) is 10.2. The molecule has 2 aromatic carbocycles. The molecule has 0 radical (unpaired) electrons. The first-order valence-electron chi connectivity index (χ1n) is 9.55. The molecule has 0 atom stereocenters. The van der Waals surface area contributed by atoms with Crippen molar-refractivity contribution >= 4 is 34.3 Å². The Labute approximate surface area is 174 Å². The molecule has 1 N–H and O–H groups in total. The van der Waals surface area contributed by atoms with Crippen molar-refractivity contribution in [2.75, 3.05) is 13.7 Å². The van der Waals surface area contributed by atoms with Crippen molar-refractivity contribution in [3.8, 4) is 11.5 Å². The van der Waals surface area contributed by atoms with Gasteiger partial charge in [-0.1, -0.05) is 44.2 Å². The Bertz CT molecular complexity index is 1120. The second kappa shape index (κ2) is 9.22. The highest BCUT2D eigenvalue weighted by Gasteiger charge is 2.21. The molecule has 0 aliphatic rings. The minimum atomic E-state index is -1.54. The Kier molecular flexibility index (Phi) is 6.47. The third kappa shape index (κ3) is 4.84. The van der Waals surface area contributed by atoms with Gasteiger partial charge in [0.25, 0.3) is 5.78 Å². The fourth-order valence-corrected chi connectivity index (χ4v) is 2.90. The lowest BCUT2D eigenvalue weighted by Gasteiger charge is -2.13. The summed E-state index contributed by atoms with van der Waals surface area (Å²) in [6, 6.07) is 16.1. The van der Waals surface area contributed by atoms with Crippen LogP contribution in [0, 0.1) is 5.92 Å². The van der Waals surface area contributed by atoms with E-state index in [2.05, 4.69) is 4.98 Å². The molecule has 0 saturated heterocycles. The monoisotopic (exact) mass is 405 g/mol. The molecule has 3 rings (SSSR count). The number of nitrogens with zero attached hydrogens (tertiary/aromatic N) is 1. The number of fused-ring (bicyclic) bond motifs is 1. The maximum atomic E-state index is 12.4. The van der Waals surface area contributed by atoms with E-state index in [-0.39, 0.29) is 5.57 Å². The first-order chi connectivity index (χ1) is 14.4. The average Bonchev–Trinajstić information content (AvgIpc) is 2.75. The van der Waals surface area contributed by atoms with E-state index in [9.17, 15) is 14.7 Å². The molecule has 3 aromatic rings. The van der Waals surface area contributed by atoms with Crippen molar-refractivity contribution in [1.29, 1.82) is 0 Å². The Morgan fingerprint density at radius 3 is 2.53 bits per heavy atom. The number of carboxylic acids is 1. The van der Waals surface area contributed by atoms with Crippen LogP contribution in [-0.2, 0) is 9.59 Å². The van der Waals surface area contributed by atoms with E-state index >= 15 is 0 Å². The highest BCUT2D eigenvalue weighted by Crippen LogP contribution is 2.30. The van der Waals surface area contributed by atoms with Crippen LogP contribution in [0.5, 0.6) is 11.5 Å². The maximum absolute atomic E-state index is 12.4. The minimum Gasteiger partial charge on any atom is -0.493 e. The molecule has 30 heavy (non-hydrogen) atoms. The molecule has 0 saturated carbocycles. The van der Waals surface area contributed by atoms with Crippen molar-refractivity contribution in [3.05, 3.63) is 65.9 Å². The molecule has 1 heterocycles. The van der Waals surface area contributed by atoms with Crippen LogP contribution in [-0.4, -0.2) is 35.6 Å². The number of carbonyl (C=O) groups is 2. The van der Waals surface area contributed by atoms with Crippen molar-refractivity contribution in [2.45, 2.75) is 13.8 Å². The van der Waals surface area contributed by atoms with Crippen molar-refractivity contribution in [1.82, 2.24) is 4.98 Å². The SMILES string of the molecule is COc1cc(C=C(C(=O)C(=O)O)c2ccc3ccccc3n2)ccc1OCC(C)C. The van der Waals surface area contributed by atoms with Gasteiger partial charge in [0, 0.05) is 5.39 Å². The zero-order chi connectivity index (χ0) is 21.7. The molecule has 6 heteroatoms. The zero-order valence-corrected chi connectivity index (χ0v) is 17.1. The molecule has 0 aliphatic heterocycles. The highest BCUT2D eigenvalue weighted by molar-refractivity contribution is 6.52. The van der Waals surface area contributed by atoms with Gasteiger partial charge in [0.05, 0.1) is 30.5 Å². The molecule has 0 unspecified atom stereocenters. The molecule has 1 aromatic heterocycles. The van der Waals surface area contributed by atoms with E-state index < -0.39 is 11.8 Å². The smallest absolute Gasteiger partial charge is 0.377 e. The Morgan fingerprint density at radius 1 is 1.07 bits per heavy atom. The summed E-state index contributed by atoms with van der Waals surface area (Å²) in [6.07, 6.45) is 1.50. The van der Waals surface area contributed by atoms with E-state index in [1.165, 1.54) is 13.2 Å². The molecule has 6 nitrogen and oxygen atoms in total. The number of Topliss-reactive ketones (excluding diaryl/α,β-unsaturated/α-hetero) is 1. The summed E-state index contributed by atoms with van der Waals surface area (Å²) < 4.78 is 11.1. The lowest BCUT2D eigenvalue weighted by Crippen LogP contribution is -2.15. The Hall–Kier alpha value is -3.67. The predicted molar refractivity (Wildman–Crippen MR) is 116 cm³/mol. The van der Waals surface area contributed by atoms with Gasteiger partial charge in [-0.15, -0.1) is 0 Å². The van der Waals surface area contributed by atoms with Crippen molar-refractivity contribution < 1.29 is 24.2 Å². The van der Waals surface area contributed by atoms with Gasteiger partial charge in [0.1, 0.15) is 0 Å². The van der Waals surface area contributed by atoms with Crippen molar-refractivity contribution in [2.24, 2.45) is 5.92 Å². The maximum Gasteiger partial charge on any atom is 0.377 e. The molecule has 0 fully saturated rings. The normalized spacial score (nSPS) is 11.5. The van der Waals surface area contributed by atoms with Crippen LogP contribution in [0.25, 0.3) is 22.6 Å². The van der Waals surface area contributed by atoms with Crippen LogP contribution in [0.4, 0.5) is 0 Å². The van der Waals surface area contributed by atoms with Gasteiger partial charge in [0.15, 0.2) is 11.5 Å². The van der Waals surface area contributed by atoms with Gasteiger partial charge in [-0.25, -0.2) is 9.78 Å². The lowest BCUT2D eigenvalue weighted by molar-refractivity contribution is -0.146. The summed E-state index contributed by atoms with van der Waals surface area (Å²) in [5.74, 6) is -1.14. The van der Waals surface area contributed by atoms with Gasteiger partial charge in [0.2, 0.25) is 0 Å². The summed E-state index contributed by atoms with van der Waals surface area (Å²) in [4.78, 5) is 28.3. The number of pyridine rings is 1. The van der Waals surface area contributed by atoms with Crippen LogP contribution < -0.4 is 9.47 Å². The van der Waals surface area contributed by atoms with Gasteiger partial charge in [-0.2, -0.15) is 0 Å². The van der Waals surface area contributed by atoms with Crippen LogP contribution in [0.3, 0.4) is 0 Å². The van der Waals surface area contributed by atoms with Crippen LogP contribution >= 0.6 is 0 Å². The van der Waals surface area contributed by atoms with Gasteiger partial charge in [-0.3, -0.25) is 4.79 Å². The molecular formula is C24H23NO5. The fraction of sp³-hybridized carbons (Fsp3) is 0.208. The number of hydrogen-bond donors (Lipinski definition) is 1. The summed E-state index contributed by atoms with van der Waals surface area (Å²) in [6.45, 7) is 4.63. The summed E-state index contributed by atoms with van der Waals surface area (Å²) >= 11 is 0. The highest BCUT2D eigenvalue weighted by atomic mass is 16.5. The standard InChI is InChI=1S/C24H23NO5/c1-15(2)14-30-21-11-8-16(13-22(21)29-3)12-18(23(26)24(27)28)20-10-9-17-6-4-5-7-19(17)25-20/h4-13,15H,14H2,1-3H3,(H,27,28). The third-order valence-electron chi connectivity index (χ3n) is 4.38. The largest absolute Gasteiger partial charge is 0.493 e. The molecule has 0 bridgehead atoms. The molecule has 0 aliphatic carbocycles. The van der Waals surface area contributed by atoms with E-state index in [0.29, 0.717) is 40.8 Å². The number of rotatable bonds is 8. The number of aliphatic carboxylic acids is 1. The average molecular weight is 405 g/mol. The lowest BCUT2D eigenvalue weighted by atomic mass is 10.0. The number of ether oxygens (including phenoxy) is 2. The van der Waals surface area contributed by atoms with Crippen LogP contribution in [0.15, 0.2) is 54.6 Å². The van der Waals surface area contributed by atoms with E-state index in [0.717, 1.165) is 5.39 Å². The summed E-state index contributed by atoms with van der Waals surface area (Å²) in [5.41, 5.74) is 1.56. The molecule has 0 spiro atoms. The van der Waals surface area contributed by atoms with E-state index in [1.54, 1.807) is 24.3 Å². The number of methoxy groups -OCH3 is 1. The van der Waals surface area contributed by atoms with Gasteiger partial charge >= 0.3 is 5.97 Å². The number of carbonyl (C=O) groups excluding carboxylic acids is 1. The second-order valence-electron chi connectivity index (χ2n) is 7.20. The van der Waals surface area contributed by atoms with Gasteiger partial charge in [-0.05, 0) is 41.8 Å². The molecule has 0 amide bonds. The van der Waals surface area contributed by atoms with E-state index in [4.69, 9.17) is 9.47 Å². The Balaban J connectivity index is 2.05. The third-order valence-corrected chi connectivity index (χ3v) is 4.38. The minimum absolute atomic E-state index is 0.00819. The van der Waals surface area contributed by atoms with E-state index in [1.807, 2.05) is 44.2 Å². The van der Waals surface area contributed by atoms with Gasteiger partial charge < -0.3 is 14.6 Å². The topological polar surface area (TPSA) is 85.7 Å². The molecular weight excluding hydrogens is 382 g/mol. The summed E-state index contributed by atoms with van der Waals surface area (Å²) in [7, 11) is 1.53. The molecule has 154 valence electrons. The zero-order valence-electron chi connectivity index (χ0n) is 17.1. The fourth-order valence-electron chi connectivity index (χ4n) is 2.90.